The summed E-state index contributed by atoms with van der Waals surface area (Å²) >= 11 is 7.05. The van der Waals surface area contributed by atoms with Gasteiger partial charge in [0.05, 0.1) is 6.04 Å². The molecule has 1 heterocycles. The third-order valence-corrected chi connectivity index (χ3v) is 5.22. The molecular weight excluding hydrogens is 274 g/mol. The van der Waals surface area contributed by atoms with Crippen LogP contribution >= 0.6 is 24.0 Å². The molecule has 0 spiro atoms. The summed E-state index contributed by atoms with van der Waals surface area (Å²) in [7, 11) is 0. The van der Waals surface area contributed by atoms with Crippen LogP contribution in [0, 0.1) is 0 Å². The van der Waals surface area contributed by atoms with Gasteiger partial charge in [-0.1, -0.05) is 61.2 Å². The van der Waals surface area contributed by atoms with Crippen LogP contribution in [0.1, 0.15) is 30.5 Å². The minimum Gasteiger partial charge on any atom is -0.285 e. The van der Waals surface area contributed by atoms with Crippen molar-refractivity contribution in [1.82, 2.24) is 4.90 Å². The summed E-state index contributed by atoms with van der Waals surface area (Å²) in [6.07, 6.45) is 5.41. The number of hydrogen-bond donors (Lipinski definition) is 0. The minimum atomic E-state index is 0.0172. The maximum Gasteiger partial charge on any atom is 0.252 e. The molecule has 2 nitrogen and oxygen atoms in total. The standard InChI is InChI=1S/C15H15NOS2/c1-2-3-8-13(17)16-14-11-7-5-4-6-10(11)9-12(14)19-15(16)18/h3-8,12,14H,2,9H2,1H3/b8-3+/t12-,14+/m0/s1. The van der Waals surface area contributed by atoms with Gasteiger partial charge in [0, 0.05) is 5.25 Å². The maximum atomic E-state index is 12.3. The molecule has 1 aliphatic carbocycles. The number of benzene rings is 1. The van der Waals surface area contributed by atoms with Crippen LogP contribution in [0.4, 0.5) is 0 Å². The van der Waals surface area contributed by atoms with E-state index in [1.165, 1.54) is 11.1 Å². The number of fused-ring (bicyclic) bond motifs is 3. The molecule has 19 heavy (non-hydrogen) atoms. The van der Waals surface area contributed by atoms with E-state index in [4.69, 9.17) is 12.2 Å². The Morgan fingerprint density at radius 1 is 1.53 bits per heavy atom. The van der Waals surface area contributed by atoms with E-state index >= 15 is 0 Å². The number of thiocarbonyl (C=S) groups is 1. The van der Waals surface area contributed by atoms with Crippen LogP contribution in [0.25, 0.3) is 0 Å². The number of nitrogens with zero attached hydrogens (tertiary/aromatic N) is 1. The number of hydrogen-bond acceptors (Lipinski definition) is 3. The summed E-state index contributed by atoms with van der Waals surface area (Å²) in [5.41, 5.74) is 2.61. The first-order chi connectivity index (χ1) is 9.22. The number of carbonyl (C=O) groups is 1. The lowest BCUT2D eigenvalue weighted by Crippen LogP contribution is -2.32. The van der Waals surface area contributed by atoms with Crippen molar-refractivity contribution in [3.63, 3.8) is 0 Å². The predicted molar refractivity (Wildman–Crippen MR) is 83.1 cm³/mol. The van der Waals surface area contributed by atoms with Crippen LogP contribution < -0.4 is 0 Å². The summed E-state index contributed by atoms with van der Waals surface area (Å²) in [5.74, 6) is 0.0172. The Morgan fingerprint density at radius 2 is 2.32 bits per heavy atom. The van der Waals surface area contributed by atoms with Crippen LogP contribution in [0.5, 0.6) is 0 Å². The zero-order valence-corrected chi connectivity index (χ0v) is 12.3. The minimum absolute atomic E-state index is 0.0172. The highest BCUT2D eigenvalue weighted by Crippen LogP contribution is 2.49. The van der Waals surface area contributed by atoms with Crippen LogP contribution in [-0.2, 0) is 11.2 Å². The lowest BCUT2D eigenvalue weighted by atomic mass is 10.1. The van der Waals surface area contributed by atoms with Gasteiger partial charge in [0.15, 0.2) is 0 Å². The molecule has 1 aromatic rings. The first kappa shape index (κ1) is 12.9. The average Bonchev–Trinajstić information content (AvgIpc) is 2.90. The highest BCUT2D eigenvalue weighted by atomic mass is 32.2. The van der Waals surface area contributed by atoms with Crippen LogP contribution in [0.3, 0.4) is 0 Å². The molecular formula is C15H15NOS2. The van der Waals surface area contributed by atoms with Gasteiger partial charge >= 0.3 is 0 Å². The smallest absolute Gasteiger partial charge is 0.252 e. The van der Waals surface area contributed by atoms with Gasteiger partial charge in [0.25, 0.3) is 5.91 Å². The molecule has 1 amide bonds. The molecule has 3 rings (SSSR count). The van der Waals surface area contributed by atoms with Crippen molar-refractivity contribution < 1.29 is 4.79 Å². The van der Waals surface area contributed by atoms with Crippen molar-refractivity contribution in [2.45, 2.75) is 31.1 Å². The molecule has 1 aromatic carbocycles. The largest absolute Gasteiger partial charge is 0.285 e. The Hall–Kier alpha value is -1.13. The maximum absolute atomic E-state index is 12.3. The van der Waals surface area contributed by atoms with Gasteiger partial charge in [0.2, 0.25) is 0 Å². The zero-order chi connectivity index (χ0) is 13.4. The number of amides is 1. The van der Waals surface area contributed by atoms with Crippen molar-refractivity contribution in [2.24, 2.45) is 0 Å². The monoisotopic (exact) mass is 289 g/mol. The van der Waals surface area contributed by atoms with E-state index in [-0.39, 0.29) is 11.9 Å². The Morgan fingerprint density at radius 3 is 3.11 bits per heavy atom. The molecule has 0 saturated carbocycles. The Kier molecular flexibility index (Phi) is 3.46. The topological polar surface area (TPSA) is 20.3 Å². The van der Waals surface area contributed by atoms with Gasteiger partial charge in [-0.05, 0) is 30.0 Å². The zero-order valence-electron chi connectivity index (χ0n) is 10.7. The van der Waals surface area contributed by atoms with E-state index in [0.29, 0.717) is 5.25 Å². The molecule has 0 N–H and O–H groups in total. The summed E-state index contributed by atoms with van der Waals surface area (Å²) in [4.78, 5) is 14.1. The first-order valence-electron chi connectivity index (χ1n) is 6.50. The van der Waals surface area contributed by atoms with Gasteiger partial charge in [-0.25, -0.2) is 0 Å². The second-order valence-corrected chi connectivity index (χ2v) is 6.66. The van der Waals surface area contributed by atoms with Crippen molar-refractivity contribution >= 4 is 34.2 Å². The summed E-state index contributed by atoms with van der Waals surface area (Å²) in [6, 6.07) is 8.51. The first-order valence-corrected chi connectivity index (χ1v) is 7.79. The number of allylic oxidation sites excluding steroid dienone is 1. The van der Waals surface area contributed by atoms with Gasteiger partial charge in [-0.3, -0.25) is 9.69 Å². The van der Waals surface area contributed by atoms with Crippen LogP contribution in [0.15, 0.2) is 36.4 Å². The lowest BCUT2D eigenvalue weighted by molar-refractivity contribution is -0.123. The van der Waals surface area contributed by atoms with Crippen molar-refractivity contribution in [2.75, 3.05) is 0 Å². The molecule has 2 atom stereocenters. The highest BCUT2D eigenvalue weighted by molar-refractivity contribution is 8.23. The Balaban J connectivity index is 1.95. The molecule has 0 unspecified atom stereocenters. The van der Waals surface area contributed by atoms with Crippen molar-refractivity contribution in [3.8, 4) is 0 Å². The highest BCUT2D eigenvalue weighted by Gasteiger charge is 2.46. The fourth-order valence-electron chi connectivity index (χ4n) is 2.77. The average molecular weight is 289 g/mol. The SMILES string of the molecule is CC/C=C/C(=O)N1C(=S)S[C@H]2Cc3ccccc3[C@H]21. The molecule has 1 fully saturated rings. The van der Waals surface area contributed by atoms with E-state index in [2.05, 4.69) is 18.2 Å². The number of carbonyl (C=O) groups excluding carboxylic acids is 1. The Labute approximate surface area is 122 Å². The number of thioether (sulfide) groups is 1. The Bertz CT molecular complexity index is 567. The summed E-state index contributed by atoms with van der Waals surface area (Å²) < 4.78 is 0.718. The molecule has 0 aromatic heterocycles. The predicted octanol–water partition coefficient (Wildman–Crippen LogP) is 3.48. The molecule has 4 heteroatoms. The lowest BCUT2D eigenvalue weighted by Gasteiger charge is -2.22. The fourth-order valence-corrected chi connectivity index (χ4v) is 4.59. The molecule has 0 radical (unpaired) electrons. The van der Waals surface area contributed by atoms with Gasteiger partial charge in [0.1, 0.15) is 4.32 Å². The third kappa shape index (κ3) is 2.13. The van der Waals surface area contributed by atoms with Crippen LogP contribution in [0.2, 0.25) is 0 Å². The molecule has 98 valence electrons. The van der Waals surface area contributed by atoms with E-state index < -0.39 is 0 Å². The molecule has 2 aliphatic rings. The fraction of sp³-hybridized carbons (Fsp3) is 0.333. The quantitative estimate of drug-likeness (QED) is 0.614. The normalized spacial score (nSPS) is 24.9. The van der Waals surface area contributed by atoms with Gasteiger partial charge < -0.3 is 0 Å². The van der Waals surface area contributed by atoms with E-state index in [1.807, 2.05) is 19.1 Å². The second kappa shape index (κ2) is 5.10. The van der Waals surface area contributed by atoms with Crippen LogP contribution in [-0.4, -0.2) is 20.4 Å². The molecule has 1 saturated heterocycles. The summed E-state index contributed by atoms with van der Waals surface area (Å²) in [5, 5.41) is 0.392. The van der Waals surface area contributed by atoms with Crippen molar-refractivity contribution in [1.29, 1.82) is 0 Å². The van der Waals surface area contributed by atoms with Crippen molar-refractivity contribution in [3.05, 3.63) is 47.5 Å². The van der Waals surface area contributed by atoms with Gasteiger partial charge in [-0.15, -0.1) is 0 Å². The van der Waals surface area contributed by atoms with E-state index in [9.17, 15) is 4.79 Å². The third-order valence-electron chi connectivity index (χ3n) is 3.61. The van der Waals surface area contributed by atoms with Gasteiger partial charge in [-0.2, -0.15) is 0 Å². The second-order valence-electron chi connectivity index (χ2n) is 4.79. The van der Waals surface area contributed by atoms with E-state index in [0.717, 1.165) is 17.2 Å². The summed E-state index contributed by atoms with van der Waals surface area (Å²) in [6.45, 7) is 2.02. The number of rotatable bonds is 2. The molecule has 0 bridgehead atoms. The van der Waals surface area contributed by atoms with E-state index in [1.54, 1.807) is 22.7 Å². The molecule has 1 aliphatic heterocycles.